The van der Waals surface area contributed by atoms with Crippen LogP contribution in [0.3, 0.4) is 0 Å². The number of para-hydroxylation sites is 2. The van der Waals surface area contributed by atoms with Gasteiger partial charge in [0.15, 0.2) is 0 Å². The van der Waals surface area contributed by atoms with Gasteiger partial charge < -0.3 is 9.88 Å². The number of carbonyl (C=O) groups excluding carboxylic acids is 1. The average molecular weight is 461 g/mol. The molecule has 1 aromatic heterocycles. The Morgan fingerprint density at radius 1 is 0.970 bits per heavy atom. The Hall–Kier alpha value is -3.91. The van der Waals surface area contributed by atoms with Gasteiger partial charge in [-0.2, -0.15) is 0 Å². The molecular weight excluding hydrogens is 436 g/mol. The highest BCUT2D eigenvalue weighted by atomic mass is 32.2. The SMILES string of the molecule is Cn1c(C(NC(=O)/C=C/c2ccc(NS(C)(=O)=O)cc2)c2ccccc2)nc2ccccc21. The van der Waals surface area contributed by atoms with Crippen molar-refractivity contribution in [3.63, 3.8) is 0 Å². The molecule has 0 aliphatic rings. The zero-order valence-corrected chi connectivity index (χ0v) is 19.1. The predicted molar refractivity (Wildman–Crippen MR) is 131 cm³/mol. The molecule has 1 heterocycles. The van der Waals surface area contributed by atoms with Crippen LogP contribution in [0.1, 0.15) is 23.0 Å². The summed E-state index contributed by atoms with van der Waals surface area (Å²) in [6.07, 6.45) is 4.23. The lowest BCUT2D eigenvalue weighted by Crippen LogP contribution is -2.29. The van der Waals surface area contributed by atoms with Gasteiger partial charge in [0.25, 0.3) is 0 Å². The molecule has 0 radical (unpaired) electrons. The number of hydrogen-bond acceptors (Lipinski definition) is 4. The second-order valence-corrected chi connectivity index (χ2v) is 9.45. The summed E-state index contributed by atoms with van der Waals surface area (Å²) in [5.41, 5.74) is 4.01. The van der Waals surface area contributed by atoms with Crippen molar-refractivity contribution in [2.45, 2.75) is 6.04 Å². The van der Waals surface area contributed by atoms with Crippen molar-refractivity contribution >= 4 is 38.7 Å². The first kappa shape index (κ1) is 22.3. The van der Waals surface area contributed by atoms with Gasteiger partial charge in [0.05, 0.1) is 17.3 Å². The molecule has 33 heavy (non-hydrogen) atoms. The lowest BCUT2D eigenvalue weighted by atomic mass is 10.1. The van der Waals surface area contributed by atoms with Crippen molar-refractivity contribution in [1.29, 1.82) is 0 Å². The van der Waals surface area contributed by atoms with E-state index in [9.17, 15) is 13.2 Å². The molecule has 3 aromatic carbocycles. The molecule has 1 amide bonds. The van der Waals surface area contributed by atoms with Crippen LogP contribution in [0.25, 0.3) is 17.1 Å². The Bertz CT molecular complexity index is 1410. The van der Waals surface area contributed by atoms with Crippen LogP contribution in [-0.2, 0) is 21.9 Å². The van der Waals surface area contributed by atoms with E-state index in [0.29, 0.717) is 5.69 Å². The minimum Gasteiger partial charge on any atom is -0.339 e. The third-order valence-corrected chi connectivity index (χ3v) is 5.75. The van der Waals surface area contributed by atoms with Gasteiger partial charge in [-0.1, -0.05) is 54.6 Å². The number of carbonyl (C=O) groups is 1. The molecule has 8 heteroatoms. The number of anilines is 1. The van der Waals surface area contributed by atoms with Crippen LogP contribution in [0.5, 0.6) is 0 Å². The van der Waals surface area contributed by atoms with Crippen molar-refractivity contribution < 1.29 is 13.2 Å². The van der Waals surface area contributed by atoms with E-state index in [2.05, 4.69) is 10.0 Å². The van der Waals surface area contributed by atoms with E-state index >= 15 is 0 Å². The Balaban J connectivity index is 1.56. The number of benzene rings is 3. The molecule has 0 saturated carbocycles. The molecule has 4 aromatic rings. The van der Waals surface area contributed by atoms with Gasteiger partial charge in [-0.25, -0.2) is 13.4 Å². The first-order valence-corrected chi connectivity index (χ1v) is 12.2. The minimum absolute atomic E-state index is 0.269. The van der Waals surface area contributed by atoms with Gasteiger partial charge in [-0.15, -0.1) is 0 Å². The number of aromatic nitrogens is 2. The fourth-order valence-corrected chi connectivity index (χ4v) is 4.17. The molecular formula is C25H24N4O3S. The van der Waals surface area contributed by atoms with E-state index < -0.39 is 16.1 Å². The molecule has 168 valence electrons. The summed E-state index contributed by atoms with van der Waals surface area (Å²) in [7, 11) is -1.40. The summed E-state index contributed by atoms with van der Waals surface area (Å²) in [5.74, 6) is 0.467. The highest BCUT2D eigenvalue weighted by Gasteiger charge is 2.21. The fraction of sp³-hybridized carbons (Fsp3) is 0.120. The van der Waals surface area contributed by atoms with E-state index in [1.165, 1.54) is 6.08 Å². The van der Waals surface area contributed by atoms with Crippen LogP contribution in [0.4, 0.5) is 5.69 Å². The summed E-state index contributed by atoms with van der Waals surface area (Å²) in [6, 6.07) is 23.9. The zero-order valence-electron chi connectivity index (χ0n) is 18.3. The van der Waals surface area contributed by atoms with Crippen molar-refractivity contribution in [3.05, 3.63) is 102 Å². The van der Waals surface area contributed by atoms with Gasteiger partial charge >= 0.3 is 0 Å². The number of sulfonamides is 1. The highest BCUT2D eigenvalue weighted by Crippen LogP contribution is 2.25. The summed E-state index contributed by atoms with van der Waals surface area (Å²) in [5, 5.41) is 3.06. The van der Waals surface area contributed by atoms with Crippen LogP contribution < -0.4 is 10.0 Å². The van der Waals surface area contributed by atoms with Crippen LogP contribution >= 0.6 is 0 Å². The van der Waals surface area contributed by atoms with E-state index in [1.54, 1.807) is 30.3 Å². The van der Waals surface area contributed by atoms with Crippen molar-refractivity contribution in [2.24, 2.45) is 7.05 Å². The number of imidazole rings is 1. The molecule has 0 aliphatic carbocycles. The maximum atomic E-state index is 12.8. The minimum atomic E-state index is -3.34. The lowest BCUT2D eigenvalue weighted by molar-refractivity contribution is -0.117. The maximum Gasteiger partial charge on any atom is 0.244 e. The quantitative estimate of drug-likeness (QED) is 0.410. The third-order valence-electron chi connectivity index (χ3n) is 5.14. The largest absolute Gasteiger partial charge is 0.339 e. The van der Waals surface area contributed by atoms with Crippen LogP contribution in [0.15, 0.2) is 84.9 Å². The van der Waals surface area contributed by atoms with E-state index in [1.807, 2.05) is 66.2 Å². The molecule has 2 N–H and O–H groups in total. The van der Waals surface area contributed by atoms with Crippen LogP contribution in [0.2, 0.25) is 0 Å². The summed E-state index contributed by atoms with van der Waals surface area (Å²) >= 11 is 0. The van der Waals surface area contributed by atoms with E-state index in [4.69, 9.17) is 4.98 Å². The molecule has 1 unspecified atom stereocenters. The number of fused-ring (bicyclic) bond motifs is 1. The normalized spacial score (nSPS) is 12.7. The smallest absolute Gasteiger partial charge is 0.244 e. The fourth-order valence-electron chi connectivity index (χ4n) is 3.60. The summed E-state index contributed by atoms with van der Waals surface area (Å²) < 4.78 is 27.1. The number of nitrogens with zero attached hydrogens (tertiary/aromatic N) is 2. The summed E-state index contributed by atoms with van der Waals surface area (Å²) in [4.78, 5) is 17.6. The van der Waals surface area contributed by atoms with Crippen molar-refractivity contribution in [3.8, 4) is 0 Å². The monoisotopic (exact) mass is 460 g/mol. The average Bonchev–Trinajstić information content (AvgIpc) is 3.13. The van der Waals surface area contributed by atoms with E-state index in [0.717, 1.165) is 34.2 Å². The first-order chi connectivity index (χ1) is 15.8. The topological polar surface area (TPSA) is 93.1 Å². The van der Waals surface area contributed by atoms with Gasteiger partial charge in [-0.05, 0) is 41.5 Å². The maximum absolute atomic E-state index is 12.8. The standard InChI is InChI=1S/C25H24N4O3S/c1-29-22-11-7-6-10-21(22)26-25(29)24(19-8-4-3-5-9-19)27-23(30)17-14-18-12-15-20(16-13-18)28-33(2,31)32/h3-17,24,28H,1-2H3,(H,27,30)/b17-14+. The molecule has 0 fully saturated rings. The Kier molecular flexibility index (Phi) is 6.28. The molecule has 0 bridgehead atoms. The van der Waals surface area contributed by atoms with Crippen molar-refractivity contribution in [1.82, 2.24) is 14.9 Å². The lowest BCUT2D eigenvalue weighted by Gasteiger charge is -2.18. The number of rotatable bonds is 7. The Morgan fingerprint density at radius 2 is 1.64 bits per heavy atom. The second kappa shape index (κ2) is 9.30. The molecule has 4 rings (SSSR count). The summed E-state index contributed by atoms with van der Waals surface area (Å²) in [6.45, 7) is 0. The molecule has 1 atom stereocenters. The molecule has 0 saturated heterocycles. The van der Waals surface area contributed by atoms with Crippen LogP contribution in [-0.4, -0.2) is 30.1 Å². The number of nitrogens with one attached hydrogen (secondary N) is 2. The van der Waals surface area contributed by atoms with Gasteiger partial charge in [0, 0.05) is 18.8 Å². The molecule has 7 nitrogen and oxygen atoms in total. The first-order valence-electron chi connectivity index (χ1n) is 10.3. The number of hydrogen-bond donors (Lipinski definition) is 2. The van der Waals surface area contributed by atoms with Gasteiger partial charge in [0.1, 0.15) is 11.9 Å². The Labute approximate surface area is 192 Å². The van der Waals surface area contributed by atoms with Gasteiger partial charge in [-0.3, -0.25) is 9.52 Å². The Morgan fingerprint density at radius 3 is 2.30 bits per heavy atom. The molecule has 0 spiro atoms. The number of amides is 1. The van der Waals surface area contributed by atoms with E-state index in [-0.39, 0.29) is 5.91 Å². The predicted octanol–water partition coefficient (Wildman–Crippen LogP) is 3.86. The third kappa shape index (κ3) is 5.48. The highest BCUT2D eigenvalue weighted by molar-refractivity contribution is 7.92. The zero-order chi connectivity index (χ0) is 23.4. The molecule has 0 aliphatic heterocycles. The van der Waals surface area contributed by atoms with Crippen molar-refractivity contribution in [2.75, 3.05) is 11.0 Å². The second-order valence-electron chi connectivity index (χ2n) is 7.70. The van der Waals surface area contributed by atoms with Gasteiger partial charge in [0.2, 0.25) is 15.9 Å². The van der Waals surface area contributed by atoms with Crippen LogP contribution in [0, 0.1) is 0 Å². The number of aryl methyl sites for hydroxylation is 1.